The van der Waals surface area contributed by atoms with Gasteiger partial charge in [0, 0.05) is 0 Å². The lowest BCUT2D eigenvalue weighted by Crippen LogP contribution is -2.16. The standard InChI is InChI=1S/C14H21NO/c1-11-4-6-13(7-5-11)14(16)12-3-2-9-15-10-8-12/h4-7,12,14-16H,2-3,8-10H2,1H3. The topological polar surface area (TPSA) is 32.3 Å². The maximum Gasteiger partial charge on any atom is 0.0818 e. The third kappa shape index (κ3) is 2.83. The molecule has 16 heavy (non-hydrogen) atoms. The van der Waals surface area contributed by atoms with Gasteiger partial charge in [-0.1, -0.05) is 29.8 Å². The van der Waals surface area contributed by atoms with Crippen LogP contribution in [0.4, 0.5) is 0 Å². The molecule has 2 rings (SSSR count). The third-order valence-corrected chi connectivity index (χ3v) is 3.49. The number of rotatable bonds is 2. The predicted octanol–water partition coefficient (Wildman–Crippen LogP) is 2.42. The molecule has 1 aromatic carbocycles. The highest BCUT2D eigenvalue weighted by Crippen LogP contribution is 2.29. The number of benzene rings is 1. The fraction of sp³-hybridized carbons (Fsp3) is 0.571. The second kappa shape index (κ2) is 5.46. The Labute approximate surface area is 97.7 Å². The Morgan fingerprint density at radius 1 is 1.19 bits per heavy atom. The van der Waals surface area contributed by atoms with E-state index in [1.807, 2.05) is 0 Å². The zero-order valence-electron chi connectivity index (χ0n) is 9.95. The van der Waals surface area contributed by atoms with E-state index in [-0.39, 0.29) is 6.10 Å². The molecule has 2 heteroatoms. The second-order valence-electron chi connectivity index (χ2n) is 4.80. The summed E-state index contributed by atoms with van der Waals surface area (Å²) >= 11 is 0. The quantitative estimate of drug-likeness (QED) is 0.800. The highest BCUT2D eigenvalue weighted by Gasteiger charge is 2.21. The van der Waals surface area contributed by atoms with Crippen molar-refractivity contribution in [2.45, 2.75) is 32.3 Å². The van der Waals surface area contributed by atoms with Crippen LogP contribution in [0.15, 0.2) is 24.3 Å². The summed E-state index contributed by atoms with van der Waals surface area (Å²) in [5.74, 6) is 0.415. The Morgan fingerprint density at radius 3 is 2.69 bits per heavy atom. The molecule has 0 bridgehead atoms. The molecular weight excluding hydrogens is 198 g/mol. The molecule has 2 nitrogen and oxygen atoms in total. The van der Waals surface area contributed by atoms with Crippen LogP contribution < -0.4 is 5.32 Å². The van der Waals surface area contributed by atoms with Crippen molar-refractivity contribution < 1.29 is 5.11 Å². The molecule has 0 radical (unpaired) electrons. The summed E-state index contributed by atoms with van der Waals surface area (Å²) in [5.41, 5.74) is 2.32. The first kappa shape index (κ1) is 11.6. The van der Waals surface area contributed by atoms with Crippen LogP contribution in [-0.4, -0.2) is 18.2 Å². The average molecular weight is 219 g/mol. The molecule has 1 saturated heterocycles. The molecular formula is C14H21NO. The largest absolute Gasteiger partial charge is 0.388 e. The van der Waals surface area contributed by atoms with Gasteiger partial charge in [0.25, 0.3) is 0 Å². The molecule has 1 aliphatic heterocycles. The smallest absolute Gasteiger partial charge is 0.0818 e. The molecule has 0 amide bonds. The van der Waals surface area contributed by atoms with Crippen molar-refractivity contribution in [1.29, 1.82) is 0 Å². The number of hydrogen-bond acceptors (Lipinski definition) is 2. The van der Waals surface area contributed by atoms with E-state index >= 15 is 0 Å². The Hall–Kier alpha value is -0.860. The van der Waals surface area contributed by atoms with Gasteiger partial charge in [0.05, 0.1) is 6.10 Å². The fourth-order valence-corrected chi connectivity index (χ4v) is 2.40. The highest BCUT2D eigenvalue weighted by molar-refractivity contribution is 5.23. The minimum Gasteiger partial charge on any atom is -0.388 e. The predicted molar refractivity (Wildman–Crippen MR) is 66.3 cm³/mol. The Bertz CT molecular complexity index is 312. The molecule has 1 fully saturated rings. The molecule has 2 atom stereocenters. The number of aliphatic hydroxyl groups is 1. The van der Waals surface area contributed by atoms with Gasteiger partial charge >= 0.3 is 0 Å². The van der Waals surface area contributed by atoms with Crippen molar-refractivity contribution in [3.63, 3.8) is 0 Å². The molecule has 1 aromatic rings. The van der Waals surface area contributed by atoms with Gasteiger partial charge in [-0.25, -0.2) is 0 Å². The van der Waals surface area contributed by atoms with Crippen molar-refractivity contribution in [1.82, 2.24) is 5.32 Å². The normalized spacial score (nSPS) is 23.8. The van der Waals surface area contributed by atoms with Crippen LogP contribution in [0.2, 0.25) is 0 Å². The van der Waals surface area contributed by atoms with E-state index in [0.717, 1.165) is 31.5 Å². The van der Waals surface area contributed by atoms with Gasteiger partial charge in [0.15, 0.2) is 0 Å². The van der Waals surface area contributed by atoms with Gasteiger partial charge in [-0.2, -0.15) is 0 Å². The summed E-state index contributed by atoms with van der Waals surface area (Å²) in [5, 5.41) is 13.7. The average Bonchev–Trinajstić information content (AvgIpc) is 2.57. The van der Waals surface area contributed by atoms with Gasteiger partial charge in [-0.15, -0.1) is 0 Å². The number of aliphatic hydroxyl groups excluding tert-OH is 1. The minimum absolute atomic E-state index is 0.291. The van der Waals surface area contributed by atoms with Crippen LogP contribution in [0.3, 0.4) is 0 Å². The summed E-state index contributed by atoms with van der Waals surface area (Å²) in [6.45, 7) is 4.20. The van der Waals surface area contributed by atoms with E-state index < -0.39 is 0 Å². The number of hydrogen-bond donors (Lipinski definition) is 2. The van der Waals surface area contributed by atoms with Crippen LogP contribution >= 0.6 is 0 Å². The first-order valence-electron chi connectivity index (χ1n) is 6.23. The molecule has 1 aliphatic rings. The van der Waals surface area contributed by atoms with Crippen LogP contribution in [0.25, 0.3) is 0 Å². The molecule has 0 saturated carbocycles. The van der Waals surface area contributed by atoms with Gasteiger partial charge in [-0.3, -0.25) is 0 Å². The lowest BCUT2D eigenvalue weighted by Gasteiger charge is -2.21. The van der Waals surface area contributed by atoms with E-state index in [4.69, 9.17) is 0 Å². The van der Waals surface area contributed by atoms with Crippen LogP contribution in [0, 0.1) is 12.8 Å². The van der Waals surface area contributed by atoms with Crippen molar-refractivity contribution in [2.75, 3.05) is 13.1 Å². The van der Waals surface area contributed by atoms with Gasteiger partial charge in [0.1, 0.15) is 0 Å². The zero-order chi connectivity index (χ0) is 11.4. The van der Waals surface area contributed by atoms with E-state index in [0.29, 0.717) is 5.92 Å². The van der Waals surface area contributed by atoms with Gasteiger partial charge in [-0.05, 0) is 50.8 Å². The molecule has 1 heterocycles. The Kier molecular flexibility index (Phi) is 3.97. The van der Waals surface area contributed by atoms with Crippen molar-refractivity contribution >= 4 is 0 Å². The van der Waals surface area contributed by atoms with Gasteiger partial charge in [0.2, 0.25) is 0 Å². The van der Waals surface area contributed by atoms with Crippen LogP contribution in [-0.2, 0) is 0 Å². The van der Waals surface area contributed by atoms with Crippen LogP contribution in [0.5, 0.6) is 0 Å². The number of nitrogens with one attached hydrogen (secondary N) is 1. The maximum absolute atomic E-state index is 10.3. The zero-order valence-corrected chi connectivity index (χ0v) is 9.95. The fourth-order valence-electron chi connectivity index (χ4n) is 2.40. The van der Waals surface area contributed by atoms with Crippen LogP contribution in [0.1, 0.15) is 36.5 Å². The second-order valence-corrected chi connectivity index (χ2v) is 4.80. The monoisotopic (exact) mass is 219 g/mol. The summed E-state index contributed by atoms with van der Waals surface area (Å²) < 4.78 is 0. The number of aryl methyl sites for hydroxylation is 1. The lowest BCUT2D eigenvalue weighted by atomic mass is 9.89. The molecule has 2 N–H and O–H groups in total. The Morgan fingerprint density at radius 2 is 1.94 bits per heavy atom. The minimum atomic E-state index is -0.291. The third-order valence-electron chi connectivity index (χ3n) is 3.49. The Balaban J connectivity index is 2.04. The maximum atomic E-state index is 10.3. The van der Waals surface area contributed by atoms with Gasteiger partial charge < -0.3 is 10.4 Å². The molecule has 0 spiro atoms. The molecule has 0 aliphatic carbocycles. The van der Waals surface area contributed by atoms with Crippen molar-refractivity contribution in [3.05, 3.63) is 35.4 Å². The summed E-state index contributed by atoms with van der Waals surface area (Å²) in [6.07, 6.45) is 3.09. The first-order valence-corrected chi connectivity index (χ1v) is 6.23. The molecule has 2 unspecified atom stereocenters. The molecule has 0 aromatic heterocycles. The summed E-state index contributed by atoms with van der Waals surface area (Å²) in [6, 6.07) is 8.26. The molecule has 88 valence electrons. The van der Waals surface area contributed by atoms with E-state index in [2.05, 4.69) is 36.5 Å². The summed E-state index contributed by atoms with van der Waals surface area (Å²) in [4.78, 5) is 0. The van der Waals surface area contributed by atoms with E-state index in [1.54, 1.807) is 0 Å². The SMILES string of the molecule is Cc1ccc(C(O)C2CCCNCC2)cc1. The van der Waals surface area contributed by atoms with E-state index in [9.17, 15) is 5.11 Å². The highest BCUT2D eigenvalue weighted by atomic mass is 16.3. The lowest BCUT2D eigenvalue weighted by molar-refractivity contribution is 0.101. The summed E-state index contributed by atoms with van der Waals surface area (Å²) in [7, 11) is 0. The van der Waals surface area contributed by atoms with E-state index in [1.165, 1.54) is 12.0 Å². The van der Waals surface area contributed by atoms with Crippen molar-refractivity contribution in [2.24, 2.45) is 5.92 Å². The van der Waals surface area contributed by atoms with Crippen molar-refractivity contribution in [3.8, 4) is 0 Å². The first-order chi connectivity index (χ1) is 7.77.